The van der Waals surface area contributed by atoms with Gasteiger partial charge in [0.15, 0.2) is 5.82 Å². The van der Waals surface area contributed by atoms with E-state index in [1.54, 1.807) is 18.2 Å². The third kappa shape index (κ3) is 3.59. The van der Waals surface area contributed by atoms with Gasteiger partial charge in [-0.1, -0.05) is 0 Å². The highest BCUT2D eigenvalue weighted by Gasteiger charge is 2.22. The van der Waals surface area contributed by atoms with Gasteiger partial charge in [-0.3, -0.25) is 4.72 Å². The monoisotopic (exact) mass is 439 g/mol. The summed E-state index contributed by atoms with van der Waals surface area (Å²) in [5.74, 6) is 0.265. The molecule has 0 saturated heterocycles. The highest BCUT2D eigenvalue weighted by Crippen LogP contribution is 2.33. The van der Waals surface area contributed by atoms with Crippen LogP contribution in [0.1, 0.15) is 4.88 Å². The van der Waals surface area contributed by atoms with Crippen molar-refractivity contribution < 1.29 is 8.42 Å². The number of halogens is 2. The summed E-state index contributed by atoms with van der Waals surface area (Å²) in [7, 11) is -1.86. The van der Waals surface area contributed by atoms with Gasteiger partial charge in [0.2, 0.25) is 0 Å². The minimum Gasteiger partial charge on any atom is -0.315 e. The van der Waals surface area contributed by atoms with Crippen molar-refractivity contribution in [2.75, 3.05) is 11.8 Å². The average molecular weight is 441 g/mol. The molecule has 0 amide bonds. The van der Waals surface area contributed by atoms with E-state index in [2.05, 4.69) is 46.9 Å². The Morgan fingerprint density at radius 2 is 2.15 bits per heavy atom. The second kappa shape index (κ2) is 6.52. The van der Waals surface area contributed by atoms with E-state index in [1.165, 1.54) is 17.5 Å². The lowest BCUT2D eigenvalue weighted by Gasteiger charge is -2.07. The van der Waals surface area contributed by atoms with E-state index < -0.39 is 10.0 Å². The zero-order chi connectivity index (χ0) is 14.8. The predicted molar refractivity (Wildman–Crippen MR) is 87.5 cm³/mol. The summed E-state index contributed by atoms with van der Waals surface area (Å²) in [4.78, 5) is 5.14. The normalized spacial score (nSPS) is 11.6. The lowest BCUT2D eigenvalue weighted by molar-refractivity contribution is 0.601. The van der Waals surface area contributed by atoms with Crippen LogP contribution >= 0.6 is 43.2 Å². The van der Waals surface area contributed by atoms with Gasteiger partial charge in [0.25, 0.3) is 10.0 Å². The summed E-state index contributed by atoms with van der Waals surface area (Å²) < 4.78 is 28.4. The number of nitrogens with one attached hydrogen (secondary N) is 2. The lowest BCUT2D eigenvalue weighted by Crippen LogP contribution is -2.14. The zero-order valence-electron chi connectivity index (χ0n) is 10.4. The Hall–Kier alpha value is -0.480. The molecule has 9 heteroatoms. The molecule has 0 bridgehead atoms. The molecule has 0 atom stereocenters. The largest absolute Gasteiger partial charge is 0.315 e. The molecule has 0 fully saturated rings. The average Bonchev–Trinajstić information content (AvgIpc) is 2.74. The van der Waals surface area contributed by atoms with Crippen molar-refractivity contribution in [3.05, 3.63) is 37.5 Å². The fourth-order valence-electron chi connectivity index (χ4n) is 1.49. The smallest absolute Gasteiger partial charge is 0.265 e. The van der Waals surface area contributed by atoms with Crippen molar-refractivity contribution in [1.29, 1.82) is 0 Å². The SMILES string of the molecule is CNCc1cc(S(=O)(=O)Nc2ncccc2Br)c(Br)s1. The van der Waals surface area contributed by atoms with Gasteiger partial charge in [-0.15, -0.1) is 11.3 Å². The number of thiophene rings is 1. The number of nitrogens with zero attached hydrogens (tertiary/aromatic N) is 1. The number of rotatable bonds is 5. The second-order valence-electron chi connectivity index (χ2n) is 3.82. The molecule has 2 N–H and O–H groups in total. The zero-order valence-corrected chi connectivity index (χ0v) is 15.2. The Bertz CT molecular complexity index is 716. The Labute approximate surface area is 138 Å². The Balaban J connectivity index is 2.33. The number of anilines is 1. The van der Waals surface area contributed by atoms with Gasteiger partial charge in [-0.2, -0.15) is 0 Å². The van der Waals surface area contributed by atoms with Crippen LogP contribution in [-0.2, 0) is 16.6 Å². The summed E-state index contributed by atoms with van der Waals surface area (Å²) in [5.41, 5.74) is 0. The molecule has 0 radical (unpaired) electrons. The van der Waals surface area contributed by atoms with Crippen molar-refractivity contribution in [2.45, 2.75) is 11.4 Å². The van der Waals surface area contributed by atoms with Crippen LogP contribution < -0.4 is 10.0 Å². The number of pyridine rings is 1. The highest BCUT2D eigenvalue weighted by atomic mass is 79.9. The van der Waals surface area contributed by atoms with Crippen LogP contribution in [0.3, 0.4) is 0 Å². The number of hydrogen-bond acceptors (Lipinski definition) is 5. The number of aromatic nitrogens is 1. The van der Waals surface area contributed by atoms with Crippen LogP contribution in [0.5, 0.6) is 0 Å². The Kier molecular flexibility index (Phi) is 5.19. The summed E-state index contributed by atoms with van der Waals surface area (Å²) in [6.45, 7) is 0.617. The first-order valence-electron chi connectivity index (χ1n) is 5.50. The number of hydrogen-bond donors (Lipinski definition) is 2. The van der Waals surface area contributed by atoms with Crippen molar-refractivity contribution >= 4 is 59.0 Å². The Morgan fingerprint density at radius 1 is 1.40 bits per heavy atom. The Morgan fingerprint density at radius 3 is 2.80 bits per heavy atom. The lowest BCUT2D eigenvalue weighted by atomic mass is 10.5. The van der Waals surface area contributed by atoms with Crippen molar-refractivity contribution in [2.24, 2.45) is 0 Å². The maximum atomic E-state index is 12.4. The molecule has 0 aromatic carbocycles. The molecule has 5 nitrogen and oxygen atoms in total. The molecule has 2 aromatic heterocycles. The minimum absolute atomic E-state index is 0.213. The van der Waals surface area contributed by atoms with E-state index in [-0.39, 0.29) is 10.7 Å². The van der Waals surface area contributed by atoms with Crippen molar-refractivity contribution in [3.8, 4) is 0 Å². The molecule has 20 heavy (non-hydrogen) atoms. The highest BCUT2D eigenvalue weighted by molar-refractivity contribution is 9.11. The molecule has 2 aromatic rings. The van der Waals surface area contributed by atoms with E-state index in [4.69, 9.17) is 0 Å². The van der Waals surface area contributed by atoms with Gasteiger partial charge >= 0.3 is 0 Å². The molecule has 2 heterocycles. The fraction of sp³-hybridized carbons (Fsp3) is 0.182. The van der Waals surface area contributed by atoms with Gasteiger partial charge in [-0.25, -0.2) is 13.4 Å². The van der Waals surface area contributed by atoms with Gasteiger partial charge in [0, 0.05) is 17.6 Å². The molecule has 0 aliphatic carbocycles. The third-order valence-electron chi connectivity index (χ3n) is 2.34. The molecular weight excluding hydrogens is 430 g/mol. The molecule has 0 unspecified atom stereocenters. The van der Waals surface area contributed by atoms with Gasteiger partial charge in [0.05, 0.1) is 8.26 Å². The molecular formula is C11H11Br2N3O2S2. The standard InChI is InChI=1S/C11H11Br2N3O2S2/c1-14-6-7-5-9(10(13)19-7)20(17,18)16-11-8(12)3-2-4-15-11/h2-5,14H,6H2,1H3,(H,15,16). The van der Waals surface area contributed by atoms with Crippen LogP contribution in [0.4, 0.5) is 5.82 Å². The van der Waals surface area contributed by atoms with E-state index in [1.807, 2.05) is 7.05 Å². The second-order valence-corrected chi connectivity index (χ2v) is 8.78. The first-order chi connectivity index (χ1) is 9.44. The van der Waals surface area contributed by atoms with Gasteiger partial charge < -0.3 is 5.32 Å². The molecule has 2 rings (SSSR count). The van der Waals surface area contributed by atoms with E-state index in [0.717, 1.165) is 4.88 Å². The maximum absolute atomic E-state index is 12.4. The maximum Gasteiger partial charge on any atom is 0.265 e. The molecule has 0 spiro atoms. The summed E-state index contributed by atoms with van der Waals surface area (Å²) in [5, 5.41) is 2.99. The van der Waals surface area contributed by atoms with Crippen LogP contribution in [0.2, 0.25) is 0 Å². The van der Waals surface area contributed by atoms with Crippen molar-refractivity contribution in [1.82, 2.24) is 10.3 Å². The minimum atomic E-state index is -3.67. The van der Waals surface area contributed by atoms with Crippen LogP contribution in [0.15, 0.2) is 37.6 Å². The fourth-order valence-corrected chi connectivity index (χ4v) is 5.70. The number of sulfonamides is 1. The summed E-state index contributed by atoms with van der Waals surface area (Å²) in [6.07, 6.45) is 1.53. The summed E-state index contributed by atoms with van der Waals surface area (Å²) >= 11 is 7.94. The van der Waals surface area contributed by atoms with E-state index in [9.17, 15) is 8.42 Å². The molecule has 0 aliphatic rings. The van der Waals surface area contributed by atoms with E-state index in [0.29, 0.717) is 14.8 Å². The molecule has 108 valence electrons. The topological polar surface area (TPSA) is 71.1 Å². The van der Waals surface area contributed by atoms with Crippen molar-refractivity contribution in [3.63, 3.8) is 0 Å². The first-order valence-corrected chi connectivity index (χ1v) is 9.39. The molecule has 0 aliphatic heterocycles. The quantitative estimate of drug-likeness (QED) is 0.748. The summed E-state index contributed by atoms with van der Waals surface area (Å²) in [6, 6.07) is 5.08. The van der Waals surface area contributed by atoms with Gasteiger partial charge in [-0.05, 0) is 57.1 Å². The van der Waals surface area contributed by atoms with Crippen LogP contribution in [-0.4, -0.2) is 20.4 Å². The predicted octanol–water partition coefficient (Wildman–Crippen LogP) is 3.19. The van der Waals surface area contributed by atoms with Crippen LogP contribution in [0.25, 0.3) is 0 Å². The molecule has 0 saturated carbocycles. The first kappa shape index (κ1) is 15.9. The van der Waals surface area contributed by atoms with Crippen LogP contribution in [0, 0.1) is 0 Å². The van der Waals surface area contributed by atoms with E-state index >= 15 is 0 Å². The van der Waals surface area contributed by atoms with Gasteiger partial charge in [0.1, 0.15) is 4.90 Å². The third-order valence-corrected chi connectivity index (χ3v) is 6.57.